The van der Waals surface area contributed by atoms with Crippen molar-refractivity contribution in [2.45, 2.75) is 13.1 Å². The van der Waals surface area contributed by atoms with Crippen molar-refractivity contribution in [3.8, 4) is 0 Å². The van der Waals surface area contributed by atoms with Gasteiger partial charge in [-0.3, -0.25) is 0 Å². The fourth-order valence-corrected chi connectivity index (χ4v) is 2.86. The average molecular weight is 499 g/mol. The van der Waals surface area contributed by atoms with E-state index in [2.05, 4.69) is 27.4 Å². The third-order valence-electron chi connectivity index (χ3n) is 4.32. The number of guanidine groups is 1. The normalized spacial score (nSPS) is 14.4. The van der Waals surface area contributed by atoms with E-state index in [4.69, 9.17) is 4.74 Å². The van der Waals surface area contributed by atoms with Gasteiger partial charge in [-0.2, -0.15) is 0 Å². The number of aromatic nitrogens is 1. The van der Waals surface area contributed by atoms with Crippen molar-refractivity contribution >= 4 is 35.8 Å². The summed E-state index contributed by atoms with van der Waals surface area (Å²) in [5.41, 5.74) is 1.92. The van der Waals surface area contributed by atoms with E-state index >= 15 is 0 Å². The first-order valence-electron chi connectivity index (χ1n) is 9.10. The highest BCUT2D eigenvalue weighted by Crippen LogP contribution is 2.18. The molecule has 0 aliphatic carbocycles. The zero-order valence-electron chi connectivity index (χ0n) is 16.3. The van der Waals surface area contributed by atoms with Crippen molar-refractivity contribution in [1.82, 2.24) is 15.2 Å². The van der Waals surface area contributed by atoms with Crippen LogP contribution in [0.25, 0.3) is 0 Å². The maximum atomic E-state index is 14.5. The number of ether oxygens (including phenoxy) is 1. The number of anilines is 1. The number of pyridine rings is 1. The summed E-state index contributed by atoms with van der Waals surface area (Å²) in [6.07, 6.45) is 1.70. The minimum absolute atomic E-state index is 0. The van der Waals surface area contributed by atoms with Gasteiger partial charge < -0.3 is 19.9 Å². The lowest BCUT2D eigenvalue weighted by Gasteiger charge is -2.28. The Morgan fingerprint density at radius 1 is 1.21 bits per heavy atom. The number of benzene rings is 1. The summed E-state index contributed by atoms with van der Waals surface area (Å²) in [5, 5.41) is 3.32. The molecule has 0 atom stereocenters. The number of morpholine rings is 1. The summed E-state index contributed by atoms with van der Waals surface area (Å²) in [6.45, 7) is 3.58. The SMILES string of the molecule is CN(C)C(=NCc1cnc(N2CCOCC2)c(F)c1)NCc1ccccc1.I. The van der Waals surface area contributed by atoms with Crippen molar-refractivity contribution in [3.63, 3.8) is 0 Å². The van der Waals surface area contributed by atoms with Crippen LogP contribution < -0.4 is 10.2 Å². The lowest BCUT2D eigenvalue weighted by molar-refractivity contribution is 0.122. The molecule has 0 radical (unpaired) electrons. The van der Waals surface area contributed by atoms with Crippen LogP contribution in [0.15, 0.2) is 47.6 Å². The highest BCUT2D eigenvalue weighted by molar-refractivity contribution is 14.0. The highest BCUT2D eigenvalue weighted by atomic mass is 127. The van der Waals surface area contributed by atoms with Crippen LogP contribution in [0.1, 0.15) is 11.1 Å². The molecule has 1 aliphatic rings. The van der Waals surface area contributed by atoms with E-state index in [1.165, 1.54) is 11.6 Å². The van der Waals surface area contributed by atoms with E-state index in [0.717, 1.165) is 11.5 Å². The molecule has 0 bridgehead atoms. The number of hydrogen-bond acceptors (Lipinski definition) is 4. The molecule has 152 valence electrons. The maximum Gasteiger partial charge on any atom is 0.194 e. The molecule has 0 unspecified atom stereocenters. The number of halogens is 2. The van der Waals surface area contributed by atoms with E-state index in [1.54, 1.807) is 6.20 Å². The third-order valence-corrected chi connectivity index (χ3v) is 4.32. The Morgan fingerprint density at radius 3 is 2.57 bits per heavy atom. The molecule has 1 saturated heterocycles. The monoisotopic (exact) mass is 499 g/mol. The first-order chi connectivity index (χ1) is 13.1. The van der Waals surface area contributed by atoms with Gasteiger partial charge in [-0.25, -0.2) is 14.4 Å². The van der Waals surface area contributed by atoms with Crippen molar-refractivity contribution in [2.75, 3.05) is 45.3 Å². The van der Waals surface area contributed by atoms with Crippen LogP contribution in [0, 0.1) is 5.82 Å². The largest absolute Gasteiger partial charge is 0.378 e. The van der Waals surface area contributed by atoms with Gasteiger partial charge in [0.1, 0.15) is 0 Å². The molecule has 2 heterocycles. The summed E-state index contributed by atoms with van der Waals surface area (Å²) >= 11 is 0. The average Bonchev–Trinajstić information content (AvgIpc) is 2.69. The Balaban J connectivity index is 0.00000280. The van der Waals surface area contributed by atoms with Crippen molar-refractivity contribution < 1.29 is 9.13 Å². The summed E-state index contributed by atoms with van der Waals surface area (Å²) in [5.74, 6) is 0.825. The number of nitrogens with one attached hydrogen (secondary N) is 1. The second-order valence-corrected chi connectivity index (χ2v) is 6.62. The standard InChI is InChI=1S/C20H26FN5O.HI/c1-25(2)20(23-13-16-6-4-3-5-7-16)24-15-17-12-18(21)19(22-14-17)26-8-10-27-11-9-26;/h3-7,12,14H,8-11,13,15H2,1-2H3,(H,23,24);1H. The van der Waals surface area contributed by atoms with E-state index in [9.17, 15) is 4.39 Å². The molecule has 1 N–H and O–H groups in total. The van der Waals surface area contributed by atoms with Crippen molar-refractivity contribution in [1.29, 1.82) is 0 Å². The fraction of sp³-hybridized carbons (Fsp3) is 0.400. The minimum Gasteiger partial charge on any atom is -0.378 e. The summed E-state index contributed by atoms with van der Waals surface area (Å²) in [4.78, 5) is 12.7. The molecule has 3 rings (SSSR count). The van der Waals surface area contributed by atoms with Gasteiger partial charge in [0, 0.05) is 39.9 Å². The zero-order valence-corrected chi connectivity index (χ0v) is 18.6. The van der Waals surface area contributed by atoms with Gasteiger partial charge in [-0.1, -0.05) is 30.3 Å². The van der Waals surface area contributed by atoms with Crippen LogP contribution in [0.4, 0.5) is 10.2 Å². The smallest absolute Gasteiger partial charge is 0.194 e. The van der Waals surface area contributed by atoms with Gasteiger partial charge in [0.15, 0.2) is 17.6 Å². The van der Waals surface area contributed by atoms with Gasteiger partial charge in [0.2, 0.25) is 0 Å². The number of aliphatic imine (C=N–C) groups is 1. The van der Waals surface area contributed by atoms with E-state index in [0.29, 0.717) is 45.2 Å². The first-order valence-corrected chi connectivity index (χ1v) is 9.10. The minimum atomic E-state index is -0.312. The zero-order chi connectivity index (χ0) is 19.1. The van der Waals surface area contributed by atoms with Gasteiger partial charge in [-0.15, -0.1) is 24.0 Å². The molecule has 6 nitrogen and oxygen atoms in total. The summed E-state index contributed by atoms with van der Waals surface area (Å²) < 4.78 is 19.8. The fourth-order valence-electron chi connectivity index (χ4n) is 2.86. The Kier molecular flexibility index (Phi) is 8.91. The number of hydrogen-bond donors (Lipinski definition) is 1. The van der Waals surface area contributed by atoms with Crippen LogP contribution in [0.3, 0.4) is 0 Å². The van der Waals surface area contributed by atoms with E-state index in [1.807, 2.05) is 42.1 Å². The van der Waals surface area contributed by atoms with Crippen molar-refractivity contribution in [2.24, 2.45) is 4.99 Å². The Bertz CT molecular complexity index is 766. The third kappa shape index (κ3) is 6.30. The van der Waals surface area contributed by atoms with Crippen LogP contribution >= 0.6 is 24.0 Å². The number of nitrogens with zero attached hydrogens (tertiary/aromatic N) is 4. The van der Waals surface area contributed by atoms with Gasteiger partial charge in [0.25, 0.3) is 0 Å². The lowest BCUT2D eigenvalue weighted by Crippen LogP contribution is -2.37. The number of rotatable bonds is 5. The maximum absolute atomic E-state index is 14.5. The Morgan fingerprint density at radius 2 is 1.93 bits per heavy atom. The predicted octanol–water partition coefficient (Wildman–Crippen LogP) is 2.88. The Labute approximate surface area is 182 Å². The quantitative estimate of drug-likeness (QED) is 0.390. The molecule has 0 saturated carbocycles. The molecule has 1 fully saturated rings. The van der Waals surface area contributed by atoms with Crippen molar-refractivity contribution in [3.05, 3.63) is 59.5 Å². The molecule has 28 heavy (non-hydrogen) atoms. The molecule has 8 heteroatoms. The highest BCUT2D eigenvalue weighted by Gasteiger charge is 2.16. The molecule has 1 aromatic heterocycles. The van der Waals surface area contributed by atoms with Crippen LogP contribution in [-0.4, -0.2) is 56.2 Å². The van der Waals surface area contributed by atoms with Crippen LogP contribution in [0.2, 0.25) is 0 Å². The van der Waals surface area contributed by atoms with Gasteiger partial charge in [-0.05, 0) is 17.2 Å². The second kappa shape index (κ2) is 11.2. The van der Waals surface area contributed by atoms with Gasteiger partial charge >= 0.3 is 0 Å². The lowest BCUT2D eigenvalue weighted by atomic mass is 10.2. The summed E-state index contributed by atoms with van der Waals surface area (Å²) in [7, 11) is 3.86. The molecule has 1 aromatic carbocycles. The molecule has 0 spiro atoms. The first kappa shape index (κ1) is 22.4. The second-order valence-electron chi connectivity index (χ2n) is 6.62. The molecular formula is C20H27FIN5O. The van der Waals surface area contributed by atoms with E-state index in [-0.39, 0.29) is 29.8 Å². The predicted molar refractivity (Wildman–Crippen MR) is 121 cm³/mol. The molecular weight excluding hydrogens is 472 g/mol. The van der Waals surface area contributed by atoms with Crippen LogP contribution in [-0.2, 0) is 17.8 Å². The summed E-state index contributed by atoms with van der Waals surface area (Å²) in [6, 6.07) is 11.6. The van der Waals surface area contributed by atoms with E-state index < -0.39 is 0 Å². The molecule has 1 aliphatic heterocycles. The molecule has 0 amide bonds. The van der Waals surface area contributed by atoms with Gasteiger partial charge in [0.05, 0.1) is 19.8 Å². The Hall–Kier alpha value is -1.94. The van der Waals surface area contributed by atoms with Crippen LogP contribution in [0.5, 0.6) is 0 Å². The molecule has 2 aromatic rings. The topological polar surface area (TPSA) is 53.0 Å².